The summed E-state index contributed by atoms with van der Waals surface area (Å²) < 4.78 is 27.8. The van der Waals surface area contributed by atoms with Gasteiger partial charge in [0.25, 0.3) is 0 Å². The second-order valence-electron chi connectivity index (χ2n) is 4.46. The fraction of sp³-hybridized carbons (Fsp3) is 0.0714. The van der Waals surface area contributed by atoms with Crippen molar-refractivity contribution in [3.05, 3.63) is 59.2 Å². The number of rotatable bonds is 3. The highest BCUT2D eigenvalue weighted by Gasteiger charge is 2.14. The quantitative estimate of drug-likeness (QED) is 0.804. The SMILES string of the molecule is O=C(O)c1ccccc1Cn1nnc2cc(F)c(F)cc21. The molecule has 1 aromatic heterocycles. The highest BCUT2D eigenvalue weighted by atomic mass is 19.2. The van der Waals surface area contributed by atoms with Crippen LogP contribution in [0, 0.1) is 11.6 Å². The first-order valence-electron chi connectivity index (χ1n) is 6.05. The van der Waals surface area contributed by atoms with Crippen LogP contribution in [0.5, 0.6) is 0 Å². The van der Waals surface area contributed by atoms with E-state index in [0.717, 1.165) is 12.1 Å². The monoisotopic (exact) mass is 289 g/mol. The largest absolute Gasteiger partial charge is 0.478 e. The first-order chi connectivity index (χ1) is 10.1. The van der Waals surface area contributed by atoms with E-state index in [-0.39, 0.29) is 17.6 Å². The molecule has 0 saturated carbocycles. The summed E-state index contributed by atoms with van der Waals surface area (Å²) in [5.41, 5.74) is 1.14. The molecule has 0 amide bonds. The molecule has 7 heteroatoms. The number of benzene rings is 2. The minimum absolute atomic E-state index is 0.101. The standard InChI is InChI=1S/C14H9F2N3O2/c15-10-5-12-13(6-11(10)16)19(18-17-12)7-8-3-1-2-4-9(8)14(20)21/h1-6H,7H2,(H,20,21). The summed E-state index contributed by atoms with van der Waals surface area (Å²) in [5, 5.41) is 16.7. The highest BCUT2D eigenvalue weighted by molar-refractivity contribution is 5.89. The summed E-state index contributed by atoms with van der Waals surface area (Å²) in [6.45, 7) is 0.101. The zero-order chi connectivity index (χ0) is 15.0. The second-order valence-corrected chi connectivity index (χ2v) is 4.46. The zero-order valence-corrected chi connectivity index (χ0v) is 10.6. The molecule has 0 spiro atoms. The van der Waals surface area contributed by atoms with Gasteiger partial charge in [0, 0.05) is 12.1 Å². The summed E-state index contributed by atoms with van der Waals surface area (Å²) in [5.74, 6) is -3.06. The minimum atomic E-state index is -1.06. The van der Waals surface area contributed by atoms with E-state index in [0.29, 0.717) is 11.1 Å². The number of aromatic nitrogens is 3. The molecule has 3 rings (SSSR count). The molecule has 2 aromatic carbocycles. The lowest BCUT2D eigenvalue weighted by Crippen LogP contribution is -2.08. The first kappa shape index (κ1) is 13.2. The molecule has 0 fully saturated rings. The van der Waals surface area contributed by atoms with Crippen molar-refractivity contribution in [1.82, 2.24) is 15.0 Å². The molecule has 21 heavy (non-hydrogen) atoms. The van der Waals surface area contributed by atoms with Crippen molar-refractivity contribution in [3.63, 3.8) is 0 Å². The van der Waals surface area contributed by atoms with Gasteiger partial charge in [0.05, 0.1) is 17.6 Å². The topological polar surface area (TPSA) is 68.0 Å². The Labute approximate surface area is 117 Å². The summed E-state index contributed by atoms with van der Waals surface area (Å²) in [4.78, 5) is 11.2. The average Bonchev–Trinajstić information content (AvgIpc) is 2.82. The van der Waals surface area contributed by atoms with Gasteiger partial charge in [-0.1, -0.05) is 23.4 Å². The van der Waals surface area contributed by atoms with Gasteiger partial charge in [-0.05, 0) is 11.6 Å². The Morgan fingerprint density at radius 3 is 2.67 bits per heavy atom. The molecule has 0 saturated heterocycles. The molecular weight excluding hydrogens is 280 g/mol. The van der Waals surface area contributed by atoms with Crippen LogP contribution in [0.3, 0.4) is 0 Å². The van der Waals surface area contributed by atoms with Crippen molar-refractivity contribution in [3.8, 4) is 0 Å². The molecule has 0 aliphatic carbocycles. The fourth-order valence-corrected chi connectivity index (χ4v) is 2.11. The Bertz CT molecular complexity index is 845. The van der Waals surface area contributed by atoms with Crippen LogP contribution in [0.1, 0.15) is 15.9 Å². The van der Waals surface area contributed by atoms with Crippen LogP contribution in [-0.2, 0) is 6.54 Å². The van der Waals surface area contributed by atoms with Crippen molar-refractivity contribution in [2.75, 3.05) is 0 Å². The van der Waals surface area contributed by atoms with Gasteiger partial charge in [0.1, 0.15) is 5.52 Å². The van der Waals surface area contributed by atoms with Gasteiger partial charge in [0.2, 0.25) is 0 Å². The molecule has 0 atom stereocenters. The highest BCUT2D eigenvalue weighted by Crippen LogP contribution is 2.18. The number of fused-ring (bicyclic) bond motifs is 1. The lowest BCUT2D eigenvalue weighted by atomic mass is 10.1. The summed E-state index contributed by atoms with van der Waals surface area (Å²) in [6.07, 6.45) is 0. The Morgan fingerprint density at radius 2 is 1.90 bits per heavy atom. The van der Waals surface area contributed by atoms with Crippen LogP contribution in [0.15, 0.2) is 36.4 Å². The van der Waals surface area contributed by atoms with E-state index in [1.165, 1.54) is 10.7 Å². The van der Waals surface area contributed by atoms with Gasteiger partial charge in [-0.15, -0.1) is 5.10 Å². The second kappa shape index (κ2) is 4.93. The Hall–Kier alpha value is -2.83. The normalized spacial score (nSPS) is 11.0. The minimum Gasteiger partial charge on any atom is -0.478 e. The van der Waals surface area contributed by atoms with Gasteiger partial charge >= 0.3 is 5.97 Å². The lowest BCUT2D eigenvalue weighted by Gasteiger charge is -2.06. The number of nitrogens with zero attached hydrogens (tertiary/aromatic N) is 3. The smallest absolute Gasteiger partial charge is 0.336 e. The summed E-state index contributed by atoms with van der Waals surface area (Å²) in [7, 11) is 0. The van der Waals surface area contributed by atoms with Crippen molar-refractivity contribution >= 4 is 17.0 Å². The van der Waals surface area contributed by atoms with Crippen molar-refractivity contribution in [2.45, 2.75) is 6.54 Å². The van der Waals surface area contributed by atoms with E-state index in [9.17, 15) is 13.6 Å². The zero-order valence-electron chi connectivity index (χ0n) is 10.6. The molecule has 1 heterocycles. The molecule has 0 unspecified atom stereocenters. The number of carboxylic acid groups (broad SMARTS) is 1. The van der Waals surface area contributed by atoms with Crippen LogP contribution in [0.4, 0.5) is 8.78 Å². The molecule has 0 aliphatic rings. The maximum atomic E-state index is 13.3. The lowest BCUT2D eigenvalue weighted by molar-refractivity contribution is 0.0695. The van der Waals surface area contributed by atoms with Crippen LogP contribution < -0.4 is 0 Å². The van der Waals surface area contributed by atoms with E-state index >= 15 is 0 Å². The Kier molecular flexibility index (Phi) is 3.09. The first-order valence-corrected chi connectivity index (χ1v) is 6.05. The van der Waals surface area contributed by atoms with Crippen LogP contribution in [0.25, 0.3) is 11.0 Å². The number of aromatic carboxylic acids is 1. The predicted octanol–water partition coefficient (Wildman–Crippen LogP) is 2.46. The molecule has 0 aliphatic heterocycles. The van der Waals surface area contributed by atoms with Crippen molar-refractivity contribution in [1.29, 1.82) is 0 Å². The fourth-order valence-electron chi connectivity index (χ4n) is 2.11. The van der Waals surface area contributed by atoms with Crippen molar-refractivity contribution < 1.29 is 18.7 Å². The molecule has 5 nitrogen and oxygen atoms in total. The van der Waals surface area contributed by atoms with Gasteiger partial charge < -0.3 is 5.11 Å². The number of hydrogen-bond acceptors (Lipinski definition) is 3. The van der Waals surface area contributed by atoms with Gasteiger partial charge in [-0.3, -0.25) is 0 Å². The third kappa shape index (κ3) is 2.33. The van der Waals surface area contributed by atoms with Gasteiger partial charge in [-0.25, -0.2) is 18.3 Å². The molecule has 3 aromatic rings. The average molecular weight is 289 g/mol. The van der Waals surface area contributed by atoms with Crippen LogP contribution >= 0.6 is 0 Å². The third-order valence-corrected chi connectivity index (χ3v) is 3.12. The molecule has 0 radical (unpaired) electrons. The Balaban J connectivity index is 2.07. The van der Waals surface area contributed by atoms with E-state index < -0.39 is 17.6 Å². The summed E-state index contributed by atoms with van der Waals surface area (Å²) >= 11 is 0. The van der Waals surface area contributed by atoms with Crippen molar-refractivity contribution in [2.24, 2.45) is 0 Å². The van der Waals surface area contributed by atoms with E-state index in [4.69, 9.17) is 5.11 Å². The maximum Gasteiger partial charge on any atom is 0.336 e. The maximum absolute atomic E-state index is 13.3. The number of carbonyl (C=O) groups is 1. The number of hydrogen-bond donors (Lipinski definition) is 1. The molecule has 106 valence electrons. The third-order valence-electron chi connectivity index (χ3n) is 3.12. The Morgan fingerprint density at radius 1 is 1.19 bits per heavy atom. The number of carboxylic acids is 1. The van der Waals surface area contributed by atoms with Crippen LogP contribution in [-0.4, -0.2) is 26.1 Å². The summed E-state index contributed by atoms with van der Waals surface area (Å²) in [6, 6.07) is 8.36. The number of halogens is 2. The predicted molar refractivity (Wildman–Crippen MR) is 69.9 cm³/mol. The van der Waals surface area contributed by atoms with Gasteiger partial charge in [0.15, 0.2) is 11.6 Å². The van der Waals surface area contributed by atoms with E-state index in [2.05, 4.69) is 10.3 Å². The molecule has 0 bridgehead atoms. The van der Waals surface area contributed by atoms with E-state index in [1.807, 2.05) is 0 Å². The van der Waals surface area contributed by atoms with Gasteiger partial charge in [-0.2, -0.15) is 0 Å². The molecular formula is C14H9F2N3O2. The van der Waals surface area contributed by atoms with Crippen LogP contribution in [0.2, 0.25) is 0 Å². The van der Waals surface area contributed by atoms with E-state index in [1.54, 1.807) is 18.2 Å². The molecule has 1 N–H and O–H groups in total.